The van der Waals surface area contributed by atoms with Gasteiger partial charge in [-0.1, -0.05) is 11.2 Å². The maximum absolute atomic E-state index is 11.7. The van der Waals surface area contributed by atoms with E-state index in [2.05, 4.69) is 15.5 Å². The second-order valence-electron chi connectivity index (χ2n) is 5.65. The normalized spacial score (nSPS) is 15.7. The van der Waals surface area contributed by atoms with Crippen LogP contribution in [0.2, 0.25) is 0 Å². The second-order valence-corrected chi connectivity index (χ2v) is 6.60. The van der Waals surface area contributed by atoms with Crippen LogP contribution in [-0.4, -0.2) is 28.6 Å². The van der Waals surface area contributed by atoms with Crippen molar-refractivity contribution < 1.29 is 9.32 Å². The number of hydrogen-bond donors (Lipinski definition) is 2. The van der Waals surface area contributed by atoms with Crippen molar-refractivity contribution in [2.24, 2.45) is 11.7 Å². The highest BCUT2D eigenvalue weighted by Crippen LogP contribution is 2.31. The molecule has 1 fully saturated rings. The molecule has 2 heterocycles. The fourth-order valence-electron chi connectivity index (χ4n) is 2.27. The number of carbonyl (C=O) groups is 1. The average molecular weight is 320 g/mol. The number of thiophene rings is 1. The van der Waals surface area contributed by atoms with Crippen LogP contribution in [0.3, 0.4) is 0 Å². The number of nitrogens with zero attached hydrogens (tertiary/aromatic N) is 2. The Morgan fingerprint density at radius 3 is 3.14 bits per heavy atom. The molecule has 1 aliphatic carbocycles. The maximum atomic E-state index is 11.7. The minimum Gasteiger partial charge on any atom is -0.355 e. The summed E-state index contributed by atoms with van der Waals surface area (Å²) in [5.74, 6) is 1.83. The Morgan fingerprint density at radius 2 is 2.41 bits per heavy atom. The van der Waals surface area contributed by atoms with Gasteiger partial charge in [-0.05, 0) is 36.6 Å². The summed E-state index contributed by atoms with van der Waals surface area (Å²) in [6.07, 6.45) is 4.15. The van der Waals surface area contributed by atoms with Gasteiger partial charge in [0.25, 0.3) is 0 Å². The third-order valence-electron chi connectivity index (χ3n) is 3.77. The number of aromatic nitrogens is 2. The van der Waals surface area contributed by atoms with Gasteiger partial charge >= 0.3 is 0 Å². The lowest BCUT2D eigenvalue weighted by atomic mass is 10.2. The molecule has 1 aliphatic rings. The summed E-state index contributed by atoms with van der Waals surface area (Å²) in [5, 5.41) is 8.81. The average Bonchev–Trinajstić information content (AvgIpc) is 3.02. The first-order valence-corrected chi connectivity index (χ1v) is 8.49. The van der Waals surface area contributed by atoms with Gasteiger partial charge in [-0.3, -0.25) is 4.79 Å². The predicted octanol–water partition coefficient (Wildman–Crippen LogP) is 1.97. The van der Waals surface area contributed by atoms with Crippen LogP contribution in [-0.2, 0) is 11.2 Å². The molecule has 118 valence electrons. The van der Waals surface area contributed by atoms with Gasteiger partial charge in [-0.2, -0.15) is 4.98 Å². The molecule has 1 amide bonds. The van der Waals surface area contributed by atoms with E-state index in [-0.39, 0.29) is 11.9 Å². The molecule has 3 N–H and O–H groups in total. The zero-order chi connectivity index (χ0) is 15.4. The van der Waals surface area contributed by atoms with Gasteiger partial charge < -0.3 is 15.6 Å². The van der Waals surface area contributed by atoms with E-state index < -0.39 is 0 Å². The first kappa shape index (κ1) is 15.2. The molecule has 0 bridgehead atoms. The van der Waals surface area contributed by atoms with Crippen molar-refractivity contribution in [3.8, 4) is 10.7 Å². The number of rotatable bonds is 8. The molecule has 6 nitrogen and oxygen atoms in total. The van der Waals surface area contributed by atoms with E-state index in [1.54, 1.807) is 11.3 Å². The number of nitrogens with two attached hydrogens (primary N) is 1. The van der Waals surface area contributed by atoms with Gasteiger partial charge in [-0.15, -0.1) is 11.3 Å². The van der Waals surface area contributed by atoms with Crippen molar-refractivity contribution >= 4 is 17.2 Å². The summed E-state index contributed by atoms with van der Waals surface area (Å²) >= 11 is 1.57. The summed E-state index contributed by atoms with van der Waals surface area (Å²) < 4.78 is 5.20. The molecule has 0 radical (unpaired) electrons. The lowest BCUT2D eigenvalue weighted by molar-refractivity contribution is -0.121. The highest BCUT2D eigenvalue weighted by atomic mass is 32.1. The van der Waals surface area contributed by atoms with Crippen molar-refractivity contribution in [2.75, 3.05) is 6.54 Å². The number of carbonyl (C=O) groups excluding carboxylic acids is 1. The van der Waals surface area contributed by atoms with E-state index in [0.29, 0.717) is 43.4 Å². The lowest BCUT2D eigenvalue weighted by Crippen LogP contribution is -2.38. The lowest BCUT2D eigenvalue weighted by Gasteiger charge is -2.11. The van der Waals surface area contributed by atoms with Gasteiger partial charge in [0.2, 0.25) is 17.6 Å². The van der Waals surface area contributed by atoms with Crippen LogP contribution in [0.5, 0.6) is 0 Å². The first-order valence-electron chi connectivity index (χ1n) is 7.61. The van der Waals surface area contributed by atoms with Crippen molar-refractivity contribution in [3.63, 3.8) is 0 Å². The van der Waals surface area contributed by atoms with Crippen molar-refractivity contribution in [1.29, 1.82) is 0 Å². The van der Waals surface area contributed by atoms with Crippen LogP contribution in [0.1, 0.15) is 31.6 Å². The quantitative estimate of drug-likeness (QED) is 0.775. The fourth-order valence-corrected chi connectivity index (χ4v) is 2.92. The van der Waals surface area contributed by atoms with Gasteiger partial charge in [0.05, 0.1) is 4.88 Å². The molecular formula is C15H20N4O2S. The Balaban J connectivity index is 1.36. The molecule has 2 aromatic heterocycles. The third kappa shape index (κ3) is 4.14. The van der Waals surface area contributed by atoms with Crippen molar-refractivity contribution in [2.45, 2.75) is 38.1 Å². The zero-order valence-corrected chi connectivity index (χ0v) is 13.1. The molecular weight excluding hydrogens is 300 g/mol. The Morgan fingerprint density at radius 1 is 1.55 bits per heavy atom. The van der Waals surface area contributed by atoms with E-state index in [9.17, 15) is 4.79 Å². The van der Waals surface area contributed by atoms with E-state index in [0.717, 1.165) is 4.88 Å². The number of amides is 1. The minimum atomic E-state index is 0.0362. The Labute approximate surface area is 133 Å². The van der Waals surface area contributed by atoms with Crippen LogP contribution in [0, 0.1) is 5.92 Å². The van der Waals surface area contributed by atoms with Gasteiger partial charge in [-0.25, -0.2) is 0 Å². The molecule has 0 aliphatic heterocycles. The third-order valence-corrected chi connectivity index (χ3v) is 4.63. The van der Waals surface area contributed by atoms with Crippen molar-refractivity contribution in [1.82, 2.24) is 15.5 Å². The minimum absolute atomic E-state index is 0.0362. The van der Waals surface area contributed by atoms with E-state index in [1.165, 1.54) is 12.8 Å². The second kappa shape index (κ2) is 7.02. The standard InChI is InChI=1S/C15H20N4O2S/c16-11(10-6-7-10)9-17-13(20)4-1-5-14-18-15(19-21-14)12-3-2-8-22-12/h2-3,8,10-11H,1,4-7,9,16H2,(H,17,20). The summed E-state index contributed by atoms with van der Waals surface area (Å²) in [6, 6.07) is 4.01. The summed E-state index contributed by atoms with van der Waals surface area (Å²) in [4.78, 5) is 17.1. The maximum Gasteiger partial charge on any atom is 0.226 e. The summed E-state index contributed by atoms with van der Waals surface area (Å²) in [5.41, 5.74) is 5.95. The van der Waals surface area contributed by atoms with Gasteiger partial charge in [0.15, 0.2) is 0 Å². The molecule has 1 atom stereocenters. The van der Waals surface area contributed by atoms with Crippen LogP contribution < -0.4 is 11.1 Å². The van der Waals surface area contributed by atoms with E-state index in [4.69, 9.17) is 10.3 Å². The Hall–Kier alpha value is -1.73. The van der Waals surface area contributed by atoms with E-state index >= 15 is 0 Å². The molecule has 22 heavy (non-hydrogen) atoms. The Kier molecular flexibility index (Phi) is 4.84. The summed E-state index contributed by atoms with van der Waals surface area (Å²) in [6.45, 7) is 0.576. The number of hydrogen-bond acceptors (Lipinski definition) is 6. The molecule has 0 spiro atoms. The first-order chi connectivity index (χ1) is 10.7. The zero-order valence-electron chi connectivity index (χ0n) is 12.3. The Bertz CT molecular complexity index is 607. The molecule has 1 saturated carbocycles. The SMILES string of the molecule is NC(CNC(=O)CCCc1nc(-c2cccs2)no1)C1CC1. The monoisotopic (exact) mass is 320 g/mol. The molecule has 7 heteroatoms. The highest BCUT2D eigenvalue weighted by molar-refractivity contribution is 7.13. The molecule has 2 aromatic rings. The topological polar surface area (TPSA) is 94.0 Å². The van der Waals surface area contributed by atoms with Crippen LogP contribution >= 0.6 is 11.3 Å². The smallest absolute Gasteiger partial charge is 0.226 e. The highest BCUT2D eigenvalue weighted by Gasteiger charge is 2.28. The van der Waals surface area contributed by atoms with E-state index in [1.807, 2.05) is 17.5 Å². The molecule has 3 rings (SSSR count). The van der Waals surface area contributed by atoms with Crippen LogP contribution in [0.15, 0.2) is 22.0 Å². The number of nitrogens with one attached hydrogen (secondary N) is 1. The molecule has 1 unspecified atom stereocenters. The molecule has 0 saturated heterocycles. The molecule has 0 aromatic carbocycles. The fraction of sp³-hybridized carbons (Fsp3) is 0.533. The van der Waals surface area contributed by atoms with Gasteiger partial charge in [0, 0.05) is 25.4 Å². The van der Waals surface area contributed by atoms with Crippen molar-refractivity contribution in [3.05, 3.63) is 23.4 Å². The van der Waals surface area contributed by atoms with Gasteiger partial charge in [0.1, 0.15) is 0 Å². The largest absolute Gasteiger partial charge is 0.355 e. The van der Waals surface area contributed by atoms with Crippen LogP contribution in [0.25, 0.3) is 10.7 Å². The van der Waals surface area contributed by atoms with Crippen LogP contribution in [0.4, 0.5) is 0 Å². The predicted molar refractivity (Wildman–Crippen MR) is 84.3 cm³/mol. The summed E-state index contributed by atoms with van der Waals surface area (Å²) in [7, 11) is 0. The number of aryl methyl sites for hydroxylation is 1.